The molecule has 1 heterocycles. The van der Waals surface area contributed by atoms with Gasteiger partial charge >= 0.3 is 0 Å². The average molecular weight is 301 g/mol. The molecule has 6 heteroatoms. The van der Waals surface area contributed by atoms with E-state index in [0.29, 0.717) is 5.70 Å². The van der Waals surface area contributed by atoms with Crippen LogP contribution in [-0.2, 0) is 9.53 Å². The minimum atomic E-state index is -0.954. The molecule has 2 rings (SSSR count). The van der Waals surface area contributed by atoms with E-state index in [1.807, 2.05) is 24.3 Å². The average Bonchev–Trinajstić information content (AvgIpc) is 3.06. The lowest BCUT2D eigenvalue weighted by molar-refractivity contribution is -0.131. The van der Waals surface area contributed by atoms with Gasteiger partial charge in [-0.2, -0.15) is 5.10 Å². The molecule has 0 amide bonds. The molecule has 6 nitrogen and oxygen atoms in total. The summed E-state index contributed by atoms with van der Waals surface area (Å²) in [6.07, 6.45) is 4.62. The Morgan fingerprint density at radius 3 is 2.41 bits per heavy atom. The number of nitrogens with zero attached hydrogens (tertiary/aromatic N) is 3. The summed E-state index contributed by atoms with van der Waals surface area (Å²) in [5, 5.41) is 4.05. The Labute approximate surface area is 129 Å². The smallest absolute Gasteiger partial charge is 0.212 e. The van der Waals surface area contributed by atoms with Crippen LogP contribution in [0.3, 0.4) is 0 Å². The number of aromatic nitrogens is 3. The van der Waals surface area contributed by atoms with Crippen molar-refractivity contribution >= 4 is 17.6 Å². The highest BCUT2D eigenvalue weighted by atomic mass is 16.5. The molecule has 0 N–H and O–H groups in total. The number of carbonyl (C=O) groups excluding carboxylic acids is 1. The Hall–Kier alpha value is -2.47. The number of ketones is 1. The molecule has 22 heavy (non-hydrogen) atoms. The van der Waals surface area contributed by atoms with Crippen LogP contribution in [-0.4, -0.2) is 40.4 Å². The largest absolute Gasteiger partial charge is 0.497 e. The Bertz CT molecular complexity index is 658. The third kappa shape index (κ3) is 3.40. The van der Waals surface area contributed by atoms with Crippen LogP contribution in [0.25, 0.3) is 11.8 Å². The second-order valence-corrected chi connectivity index (χ2v) is 5.19. The highest BCUT2D eigenvalue weighted by Gasteiger charge is 2.31. The number of methoxy groups -OCH3 is 2. The minimum absolute atomic E-state index is 0.184. The summed E-state index contributed by atoms with van der Waals surface area (Å²) < 4.78 is 11.8. The van der Waals surface area contributed by atoms with Gasteiger partial charge in [0.05, 0.1) is 7.11 Å². The second-order valence-electron chi connectivity index (χ2n) is 5.19. The van der Waals surface area contributed by atoms with Gasteiger partial charge in [-0.25, -0.2) is 9.67 Å². The first kappa shape index (κ1) is 15.9. The van der Waals surface area contributed by atoms with Gasteiger partial charge in [0.15, 0.2) is 0 Å². The number of benzene rings is 1. The normalized spacial score (nSPS) is 12.3. The van der Waals surface area contributed by atoms with E-state index in [4.69, 9.17) is 9.47 Å². The summed E-state index contributed by atoms with van der Waals surface area (Å²) in [4.78, 5) is 16.6. The molecule has 116 valence electrons. The molecular weight excluding hydrogens is 282 g/mol. The molecule has 1 aromatic carbocycles. The van der Waals surface area contributed by atoms with Gasteiger partial charge < -0.3 is 9.47 Å². The van der Waals surface area contributed by atoms with Crippen LogP contribution in [0.4, 0.5) is 0 Å². The zero-order valence-electron chi connectivity index (χ0n) is 13.1. The van der Waals surface area contributed by atoms with E-state index < -0.39 is 5.60 Å². The molecule has 0 unspecified atom stereocenters. The van der Waals surface area contributed by atoms with Crippen molar-refractivity contribution in [2.45, 2.75) is 19.4 Å². The van der Waals surface area contributed by atoms with Gasteiger partial charge in [-0.1, -0.05) is 12.1 Å². The highest BCUT2D eigenvalue weighted by molar-refractivity contribution is 6.23. The first-order valence-electron chi connectivity index (χ1n) is 6.78. The predicted molar refractivity (Wildman–Crippen MR) is 83.3 cm³/mol. The van der Waals surface area contributed by atoms with Crippen LogP contribution in [0.5, 0.6) is 5.75 Å². The van der Waals surface area contributed by atoms with Crippen molar-refractivity contribution in [3.05, 3.63) is 42.5 Å². The number of ether oxygens (including phenoxy) is 2. The standard InChI is InChI=1S/C16H19N3O3/c1-16(2,22-4)15(20)14(19-11-17-10-18-19)9-12-5-7-13(21-3)8-6-12/h5-11H,1-4H3. The van der Waals surface area contributed by atoms with E-state index in [2.05, 4.69) is 10.1 Å². The van der Waals surface area contributed by atoms with Crippen molar-refractivity contribution in [3.63, 3.8) is 0 Å². The van der Waals surface area contributed by atoms with Crippen molar-refractivity contribution in [2.24, 2.45) is 0 Å². The lowest BCUT2D eigenvalue weighted by Crippen LogP contribution is -2.35. The van der Waals surface area contributed by atoms with Crippen molar-refractivity contribution in [1.82, 2.24) is 14.8 Å². The summed E-state index contributed by atoms with van der Waals surface area (Å²) in [6, 6.07) is 7.39. The molecule has 1 aromatic heterocycles. The SMILES string of the molecule is COc1ccc(C=C(C(=O)C(C)(C)OC)n2cncn2)cc1. The van der Waals surface area contributed by atoms with E-state index in [9.17, 15) is 4.79 Å². The minimum Gasteiger partial charge on any atom is -0.497 e. The van der Waals surface area contributed by atoms with Crippen molar-refractivity contribution in [2.75, 3.05) is 14.2 Å². The number of Topliss-reactive ketones (excluding diaryl/α,β-unsaturated/α-hetero) is 1. The monoisotopic (exact) mass is 301 g/mol. The van der Waals surface area contributed by atoms with E-state index in [-0.39, 0.29) is 5.78 Å². The molecule has 0 aliphatic rings. The lowest BCUT2D eigenvalue weighted by atomic mass is 9.99. The molecule has 0 saturated heterocycles. The Kier molecular flexibility index (Phi) is 4.72. The third-order valence-corrected chi connectivity index (χ3v) is 3.37. The topological polar surface area (TPSA) is 66.2 Å². The number of hydrogen-bond acceptors (Lipinski definition) is 5. The van der Waals surface area contributed by atoms with Gasteiger partial charge in [0.2, 0.25) is 5.78 Å². The number of carbonyl (C=O) groups is 1. The van der Waals surface area contributed by atoms with Crippen LogP contribution in [0.15, 0.2) is 36.9 Å². The fourth-order valence-corrected chi connectivity index (χ4v) is 1.83. The quantitative estimate of drug-likeness (QED) is 0.766. The summed E-state index contributed by atoms with van der Waals surface area (Å²) >= 11 is 0. The van der Waals surface area contributed by atoms with Gasteiger partial charge in [0, 0.05) is 7.11 Å². The van der Waals surface area contributed by atoms with Crippen LogP contribution < -0.4 is 4.74 Å². The van der Waals surface area contributed by atoms with E-state index in [1.165, 1.54) is 24.4 Å². The Morgan fingerprint density at radius 1 is 1.23 bits per heavy atom. The Morgan fingerprint density at radius 2 is 1.91 bits per heavy atom. The lowest BCUT2D eigenvalue weighted by Gasteiger charge is -2.22. The fourth-order valence-electron chi connectivity index (χ4n) is 1.83. The van der Waals surface area contributed by atoms with E-state index in [1.54, 1.807) is 27.0 Å². The molecule has 0 aliphatic carbocycles. The van der Waals surface area contributed by atoms with Crippen molar-refractivity contribution in [3.8, 4) is 5.75 Å². The van der Waals surface area contributed by atoms with Crippen LogP contribution >= 0.6 is 0 Å². The van der Waals surface area contributed by atoms with Gasteiger partial charge in [-0.15, -0.1) is 0 Å². The Balaban J connectivity index is 2.44. The first-order valence-corrected chi connectivity index (χ1v) is 6.78. The number of rotatable bonds is 6. The van der Waals surface area contributed by atoms with Gasteiger partial charge in [-0.05, 0) is 37.6 Å². The van der Waals surface area contributed by atoms with Gasteiger partial charge in [0.1, 0.15) is 29.7 Å². The molecular formula is C16H19N3O3. The molecule has 0 radical (unpaired) electrons. The van der Waals surface area contributed by atoms with Gasteiger partial charge in [-0.3, -0.25) is 4.79 Å². The molecule has 0 saturated carbocycles. The van der Waals surface area contributed by atoms with Crippen LogP contribution in [0.1, 0.15) is 19.4 Å². The van der Waals surface area contributed by atoms with Gasteiger partial charge in [0.25, 0.3) is 0 Å². The first-order chi connectivity index (χ1) is 10.5. The molecule has 0 atom stereocenters. The van der Waals surface area contributed by atoms with E-state index in [0.717, 1.165) is 11.3 Å². The maximum atomic E-state index is 12.7. The van der Waals surface area contributed by atoms with Crippen LogP contribution in [0, 0.1) is 0 Å². The third-order valence-electron chi connectivity index (χ3n) is 3.37. The summed E-state index contributed by atoms with van der Waals surface area (Å²) in [6.45, 7) is 3.43. The fraction of sp³-hybridized carbons (Fsp3) is 0.312. The maximum absolute atomic E-state index is 12.7. The molecule has 0 bridgehead atoms. The summed E-state index contributed by atoms with van der Waals surface area (Å²) in [7, 11) is 3.11. The van der Waals surface area contributed by atoms with Crippen LogP contribution in [0.2, 0.25) is 0 Å². The van der Waals surface area contributed by atoms with E-state index >= 15 is 0 Å². The van der Waals surface area contributed by atoms with Crippen molar-refractivity contribution in [1.29, 1.82) is 0 Å². The summed E-state index contributed by atoms with van der Waals surface area (Å²) in [5.74, 6) is 0.569. The second kappa shape index (κ2) is 6.53. The number of hydrogen-bond donors (Lipinski definition) is 0. The molecule has 0 fully saturated rings. The highest BCUT2D eigenvalue weighted by Crippen LogP contribution is 2.21. The molecule has 2 aromatic rings. The summed E-state index contributed by atoms with van der Waals surface area (Å²) in [5.41, 5.74) is 0.283. The van der Waals surface area contributed by atoms with Crippen molar-refractivity contribution < 1.29 is 14.3 Å². The zero-order valence-corrected chi connectivity index (χ0v) is 13.1. The predicted octanol–water partition coefficient (Wildman–Crippen LogP) is 2.28. The molecule has 0 aliphatic heterocycles. The molecule has 0 spiro atoms. The zero-order chi connectivity index (χ0) is 16.2. The maximum Gasteiger partial charge on any atom is 0.212 e.